The van der Waals surface area contributed by atoms with E-state index < -0.39 is 8.24 Å². The van der Waals surface area contributed by atoms with Crippen molar-refractivity contribution in [1.29, 1.82) is 0 Å². The molecule has 1 nitrogen and oxygen atoms in total. The third kappa shape index (κ3) is 2.47. The highest BCUT2D eigenvalue weighted by Gasteiger charge is 2.19. The maximum absolute atomic E-state index is 2.41. The molecule has 0 saturated heterocycles. The van der Waals surface area contributed by atoms with Crippen molar-refractivity contribution < 1.29 is 0 Å². The van der Waals surface area contributed by atoms with E-state index in [1.165, 1.54) is 5.56 Å². The summed E-state index contributed by atoms with van der Waals surface area (Å²) in [6.07, 6.45) is 4.54. The Morgan fingerprint density at radius 1 is 1.15 bits per heavy atom. The fourth-order valence-electron chi connectivity index (χ4n) is 1.26. The Bertz CT molecular complexity index is 257. The van der Waals surface area contributed by atoms with E-state index in [9.17, 15) is 0 Å². The minimum absolute atomic E-state index is 0.283. The number of rotatable bonds is 1. The predicted molar refractivity (Wildman–Crippen MR) is 61.9 cm³/mol. The Morgan fingerprint density at radius 3 is 1.92 bits per heavy atom. The molecule has 0 aliphatic carbocycles. The molecule has 0 saturated carbocycles. The lowest BCUT2D eigenvalue weighted by Gasteiger charge is -2.20. The van der Waals surface area contributed by atoms with Crippen molar-refractivity contribution in [1.82, 2.24) is 4.23 Å². The molecule has 1 aromatic rings. The van der Waals surface area contributed by atoms with Gasteiger partial charge in [0.25, 0.3) is 0 Å². The monoisotopic (exact) mass is 195 g/mol. The van der Waals surface area contributed by atoms with E-state index in [-0.39, 0.29) is 5.41 Å². The molecule has 0 N–H and O–H groups in total. The minimum atomic E-state index is -1.17. The summed E-state index contributed by atoms with van der Waals surface area (Å²) in [5, 5.41) is 0. The van der Waals surface area contributed by atoms with Gasteiger partial charge < -0.3 is 4.23 Å². The molecule has 1 rings (SSSR count). The number of hydrogen-bond acceptors (Lipinski definition) is 0. The molecule has 1 heterocycles. The fourth-order valence-corrected chi connectivity index (χ4v) is 2.31. The topological polar surface area (TPSA) is 4.93 Å². The van der Waals surface area contributed by atoms with Gasteiger partial charge >= 0.3 is 0 Å². The predicted octanol–water partition coefficient (Wildman–Crippen LogP) is 3.47. The van der Waals surface area contributed by atoms with Gasteiger partial charge in [0.1, 0.15) is 0 Å². The van der Waals surface area contributed by atoms with E-state index in [1.807, 2.05) is 0 Å². The molecule has 0 aromatic carbocycles. The van der Waals surface area contributed by atoms with Crippen LogP contribution in [0.25, 0.3) is 0 Å². The summed E-state index contributed by atoms with van der Waals surface area (Å²) in [5.41, 5.74) is 1.72. The van der Waals surface area contributed by atoms with Crippen LogP contribution in [-0.4, -0.2) is 12.5 Å². The maximum atomic E-state index is 2.41. The summed E-state index contributed by atoms with van der Waals surface area (Å²) in [5.74, 6) is 0. The second-order valence-electron chi connectivity index (χ2n) is 5.73. The van der Waals surface area contributed by atoms with Crippen molar-refractivity contribution in [3.05, 3.63) is 24.0 Å². The van der Waals surface area contributed by atoms with Crippen molar-refractivity contribution in [2.75, 3.05) is 0 Å². The molecule has 0 atom stereocenters. The van der Waals surface area contributed by atoms with Gasteiger partial charge in [0.2, 0.25) is 0 Å². The van der Waals surface area contributed by atoms with Crippen molar-refractivity contribution >= 4 is 8.24 Å². The first-order valence-corrected chi connectivity index (χ1v) is 8.35. The summed E-state index contributed by atoms with van der Waals surface area (Å²) >= 11 is 0. The molecular weight excluding hydrogens is 174 g/mol. The normalized spacial score (nSPS) is 13.4. The van der Waals surface area contributed by atoms with Gasteiger partial charge in [-0.25, -0.2) is 0 Å². The third-order valence-corrected chi connectivity index (χ3v) is 4.16. The van der Waals surface area contributed by atoms with Crippen LogP contribution >= 0.6 is 0 Å². The first-order valence-electron chi connectivity index (χ1n) is 4.90. The average Bonchev–Trinajstić information content (AvgIpc) is 2.28. The lowest BCUT2D eigenvalue weighted by Crippen LogP contribution is -2.30. The van der Waals surface area contributed by atoms with Crippen LogP contribution in [0.15, 0.2) is 18.5 Å². The standard InChI is InChI=1S/C11H21NSi/c1-11(2,3)10-7-8-12(9-10)13(4,5)6/h7-9H,1-6H3. The van der Waals surface area contributed by atoms with Crippen LogP contribution in [0, 0.1) is 0 Å². The van der Waals surface area contributed by atoms with E-state index >= 15 is 0 Å². The summed E-state index contributed by atoms with van der Waals surface area (Å²) in [6.45, 7) is 13.9. The lowest BCUT2D eigenvalue weighted by atomic mass is 9.89. The Hall–Kier alpha value is -0.503. The van der Waals surface area contributed by atoms with Crippen molar-refractivity contribution in [2.24, 2.45) is 0 Å². The quantitative estimate of drug-likeness (QED) is 0.605. The highest BCUT2D eigenvalue weighted by molar-refractivity contribution is 6.74. The van der Waals surface area contributed by atoms with E-state index in [2.05, 4.69) is 63.1 Å². The van der Waals surface area contributed by atoms with Crippen molar-refractivity contribution in [3.8, 4) is 0 Å². The highest BCUT2D eigenvalue weighted by atomic mass is 28.3. The molecule has 0 unspecified atom stereocenters. The van der Waals surface area contributed by atoms with E-state index in [0.29, 0.717) is 0 Å². The Balaban J connectivity index is 3.01. The van der Waals surface area contributed by atoms with Gasteiger partial charge in [-0.2, -0.15) is 0 Å². The Kier molecular flexibility index (Phi) is 2.45. The molecular formula is C11H21NSi. The van der Waals surface area contributed by atoms with Crippen LogP contribution in [0.5, 0.6) is 0 Å². The fraction of sp³-hybridized carbons (Fsp3) is 0.636. The Morgan fingerprint density at radius 2 is 1.69 bits per heavy atom. The van der Waals surface area contributed by atoms with E-state index in [4.69, 9.17) is 0 Å². The molecule has 13 heavy (non-hydrogen) atoms. The minimum Gasteiger partial charge on any atom is -0.381 e. The second-order valence-corrected chi connectivity index (χ2v) is 10.6. The SMILES string of the molecule is CC(C)(C)c1ccn([Si](C)(C)C)c1. The van der Waals surface area contributed by atoms with Crippen LogP contribution < -0.4 is 0 Å². The van der Waals surface area contributed by atoms with Gasteiger partial charge in [-0.15, -0.1) is 0 Å². The highest BCUT2D eigenvalue weighted by Crippen LogP contribution is 2.23. The van der Waals surface area contributed by atoms with Crippen LogP contribution in [0.1, 0.15) is 26.3 Å². The third-order valence-electron chi connectivity index (χ3n) is 2.33. The van der Waals surface area contributed by atoms with Crippen molar-refractivity contribution in [2.45, 2.75) is 45.8 Å². The first kappa shape index (κ1) is 10.6. The molecule has 74 valence electrons. The second kappa shape index (κ2) is 3.02. The maximum Gasteiger partial charge on any atom is 0.152 e. The molecule has 1 aromatic heterocycles. The Labute approximate surface area is 82.9 Å². The van der Waals surface area contributed by atoms with E-state index in [0.717, 1.165) is 0 Å². The largest absolute Gasteiger partial charge is 0.381 e. The zero-order valence-electron chi connectivity index (χ0n) is 9.68. The van der Waals surface area contributed by atoms with Crippen LogP contribution in [0.2, 0.25) is 19.6 Å². The molecule has 0 fully saturated rings. The molecule has 0 radical (unpaired) electrons. The van der Waals surface area contributed by atoms with E-state index in [1.54, 1.807) is 0 Å². The van der Waals surface area contributed by atoms with Gasteiger partial charge in [0.05, 0.1) is 0 Å². The van der Waals surface area contributed by atoms with Gasteiger partial charge in [-0.3, -0.25) is 0 Å². The number of hydrogen-bond donors (Lipinski definition) is 0. The molecule has 0 bridgehead atoms. The molecule has 0 spiro atoms. The summed E-state index contributed by atoms with van der Waals surface area (Å²) in [4.78, 5) is 0. The molecule has 0 aliphatic heterocycles. The van der Waals surface area contributed by atoms with Crippen LogP contribution in [0.3, 0.4) is 0 Å². The molecule has 2 heteroatoms. The summed E-state index contributed by atoms with van der Waals surface area (Å²) < 4.78 is 2.41. The number of nitrogens with zero attached hydrogens (tertiary/aromatic N) is 1. The number of aromatic nitrogens is 1. The smallest absolute Gasteiger partial charge is 0.152 e. The van der Waals surface area contributed by atoms with Gasteiger partial charge in [-0.05, 0) is 29.4 Å². The van der Waals surface area contributed by atoms with Gasteiger partial charge in [-0.1, -0.05) is 40.4 Å². The first-order chi connectivity index (χ1) is 5.71. The zero-order chi connectivity index (χ0) is 10.3. The lowest BCUT2D eigenvalue weighted by molar-refractivity contribution is 0.590. The zero-order valence-corrected chi connectivity index (χ0v) is 10.7. The van der Waals surface area contributed by atoms with Gasteiger partial charge in [0.15, 0.2) is 8.24 Å². The van der Waals surface area contributed by atoms with Crippen LogP contribution in [-0.2, 0) is 5.41 Å². The average molecular weight is 195 g/mol. The van der Waals surface area contributed by atoms with Crippen molar-refractivity contribution in [3.63, 3.8) is 0 Å². The summed E-state index contributed by atoms with van der Waals surface area (Å²) in [7, 11) is -1.17. The van der Waals surface area contributed by atoms with Crippen LogP contribution in [0.4, 0.5) is 0 Å². The molecule has 0 amide bonds. The van der Waals surface area contributed by atoms with Gasteiger partial charge in [0, 0.05) is 0 Å². The molecule has 0 aliphatic rings. The summed E-state index contributed by atoms with van der Waals surface area (Å²) in [6, 6.07) is 2.25.